The molecular formula is C18H21NO4S. The molecule has 0 spiro atoms. The molecule has 1 amide bonds. The first-order valence-electron chi connectivity index (χ1n) is 8.04. The summed E-state index contributed by atoms with van der Waals surface area (Å²) in [6.45, 7) is 2.33. The summed E-state index contributed by atoms with van der Waals surface area (Å²) < 4.78 is 29.0. The lowest BCUT2D eigenvalue weighted by atomic mass is 10.0. The molecule has 128 valence electrons. The molecule has 1 saturated heterocycles. The quantitative estimate of drug-likeness (QED) is 0.852. The number of nitrogens with zero attached hydrogens (tertiary/aromatic N) is 1. The van der Waals surface area contributed by atoms with E-state index in [1.165, 1.54) is 4.90 Å². The molecule has 6 heteroatoms. The van der Waals surface area contributed by atoms with Gasteiger partial charge < -0.3 is 9.64 Å². The second-order valence-corrected chi connectivity index (χ2v) is 8.33. The van der Waals surface area contributed by atoms with Crippen LogP contribution in [-0.4, -0.2) is 50.4 Å². The average molecular weight is 347 g/mol. The molecule has 5 nitrogen and oxygen atoms in total. The first-order chi connectivity index (χ1) is 11.4. The van der Waals surface area contributed by atoms with Crippen molar-refractivity contribution in [1.82, 2.24) is 4.90 Å². The van der Waals surface area contributed by atoms with E-state index in [9.17, 15) is 13.2 Å². The minimum absolute atomic E-state index is 0.0345. The zero-order chi connectivity index (χ0) is 17.3. The summed E-state index contributed by atoms with van der Waals surface area (Å²) in [4.78, 5) is 14.5. The molecule has 0 aliphatic carbocycles. The van der Waals surface area contributed by atoms with Crippen LogP contribution >= 0.6 is 0 Å². The van der Waals surface area contributed by atoms with Crippen molar-refractivity contribution in [3.63, 3.8) is 0 Å². The van der Waals surface area contributed by atoms with Crippen LogP contribution in [0.5, 0.6) is 5.75 Å². The van der Waals surface area contributed by atoms with Crippen molar-refractivity contribution in [1.29, 1.82) is 0 Å². The molecule has 0 N–H and O–H groups in total. The van der Waals surface area contributed by atoms with Gasteiger partial charge in [-0.05, 0) is 36.2 Å². The van der Waals surface area contributed by atoms with E-state index in [0.717, 1.165) is 10.8 Å². The Hall–Kier alpha value is -2.08. The molecular weight excluding hydrogens is 326 g/mol. The number of hydrogen-bond donors (Lipinski definition) is 0. The van der Waals surface area contributed by atoms with Crippen molar-refractivity contribution >= 4 is 26.5 Å². The Morgan fingerprint density at radius 3 is 2.50 bits per heavy atom. The minimum Gasteiger partial charge on any atom is -0.493 e. The Morgan fingerprint density at radius 2 is 1.92 bits per heavy atom. The van der Waals surface area contributed by atoms with Gasteiger partial charge in [0.1, 0.15) is 5.75 Å². The minimum atomic E-state index is -3.04. The topological polar surface area (TPSA) is 63.7 Å². The van der Waals surface area contributed by atoms with E-state index in [1.54, 1.807) is 7.05 Å². The second-order valence-electron chi connectivity index (χ2n) is 6.10. The molecule has 0 aromatic heterocycles. The highest BCUT2D eigenvalue weighted by Crippen LogP contribution is 2.28. The van der Waals surface area contributed by atoms with Gasteiger partial charge in [-0.2, -0.15) is 0 Å². The molecule has 1 aliphatic heterocycles. The maximum absolute atomic E-state index is 12.9. The Balaban J connectivity index is 1.97. The Kier molecular flexibility index (Phi) is 4.49. The standard InChI is InChI=1S/C18H21NO4S/c1-3-23-17-11-14-7-5-4-6-13(14)10-16(17)18(20)19(2)15-8-9-24(21,22)12-15/h4-7,10-11,15H,3,8-9,12H2,1-2H3/t15-/m1/s1. The molecule has 2 aromatic carbocycles. The van der Waals surface area contributed by atoms with Crippen molar-refractivity contribution in [3.05, 3.63) is 42.0 Å². The number of sulfone groups is 1. The highest BCUT2D eigenvalue weighted by Gasteiger charge is 2.33. The van der Waals surface area contributed by atoms with Crippen LogP contribution in [0.2, 0.25) is 0 Å². The zero-order valence-corrected chi connectivity index (χ0v) is 14.7. The van der Waals surface area contributed by atoms with Gasteiger partial charge in [-0.25, -0.2) is 8.42 Å². The highest BCUT2D eigenvalue weighted by atomic mass is 32.2. The van der Waals surface area contributed by atoms with Crippen LogP contribution in [0.4, 0.5) is 0 Å². The molecule has 0 unspecified atom stereocenters. The third-order valence-corrected chi connectivity index (χ3v) is 6.20. The van der Waals surface area contributed by atoms with Crippen LogP contribution in [0.25, 0.3) is 10.8 Å². The maximum atomic E-state index is 12.9. The van der Waals surface area contributed by atoms with Crippen molar-refractivity contribution in [2.75, 3.05) is 25.2 Å². The normalized spacial score (nSPS) is 19.3. The molecule has 1 atom stereocenters. The van der Waals surface area contributed by atoms with Gasteiger partial charge in [-0.1, -0.05) is 24.3 Å². The lowest BCUT2D eigenvalue weighted by Gasteiger charge is -2.24. The molecule has 1 aliphatic rings. The van der Waals surface area contributed by atoms with E-state index in [4.69, 9.17) is 4.74 Å². The number of fused-ring (bicyclic) bond motifs is 1. The summed E-state index contributed by atoms with van der Waals surface area (Å²) in [6, 6.07) is 11.2. The fraction of sp³-hybridized carbons (Fsp3) is 0.389. The average Bonchev–Trinajstić information content (AvgIpc) is 2.93. The van der Waals surface area contributed by atoms with Gasteiger partial charge in [0.2, 0.25) is 0 Å². The van der Waals surface area contributed by atoms with Gasteiger partial charge in [0.05, 0.1) is 23.7 Å². The van der Waals surface area contributed by atoms with Crippen LogP contribution < -0.4 is 4.74 Å². The Morgan fingerprint density at radius 1 is 1.25 bits per heavy atom. The third kappa shape index (κ3) is 3.24. The molecule has 3 rings (SSSR count). The summed E-state index contributed by atoms with van der Waals surface area (Å²) in [6.07, 6.45) is 0.488. The predicted octanol–water partition coefficient (Wildman–Crippen LogP) is 2.50. The fourth-order valence-electron chi connectivity index (χ4n) is 3.10. The number of amides is 1. The molecule has 1 heterocycles. The van der Waals surface area contributed by atoms with E-state index in [0.29, 0.717) is 24.3 Å². The van der Waals surface area contributed by atoms with Crippen molar-refractivity contribution in [2.24, 2.45) is 0 Å². The maximum Gasteiger partial charge on any atom is 0.257 e. The predicted molar refractivity (Wildman–Crippen MR) is 94.3 cm³/mol. The van der Waals surface area contributed by atoms with Crippen LogP contribution in [0, 0.1) is 0 Å². The SMILES string of the molecule is CCOc1cc2ccccc2cc1C(=O)N(C)[C@@H]1CCS(=O)(=O)C1. The third-order valence-electron chi connectivity index (χ3n) is 4.45. The first kappa shape index (κ1) is 16.8. The van der Waals surface area contributed by atoms with Gasteiger partial charge in [0.15, 0.2) is 9.84 Å². The summed E-state index contributed by atoms with van der Waals surface area (Å²) in [5.74, 6) is 0.512. The molecule has 0 bridgehead atoms. The summed E-state index contributed by atoms with van der Waals surface area (Å²) in [5.41, 5.74) is 0.474. The first-order valence-corrected chi connectivity index (χ1v) is 9.86. The number of carbonyl (C=O) groups is 1. The molecule has 24 heavy (non-hydrogen) atoms. The molecule has 2 aromatic rings. The molecule has 1 fully saturated rings. The lowest BCUT2D eigenvalue weighted by molar-refractivity contribution is 0.0743. The Labute approximate surface area is 142 Å². The number of ether oxygens (including phenoxy) is 1. The van der Waals surface area contributed by atoms with E-state index in [1.807, 2.05) is 43.3 Å². The van der Waals surface area contributed by atoms with Crippen LogP contribution in [0.15, 0.2) is 36.4 Å². The van der Waals surface area contributed by atoms with E-state index >= 15 is 0 Å². The zero-order valence-electron chi connectivity index (χ0n) is 13.9. The van der Waals surface area contributed by atoms with Crippen molar-refractivity contribution in [2.45, 2.75) is 19.4 Å². The summed E-state index contributed by atoms with van der Waals surface area (Å²) in [5, 5.41) is 1.96. The van der Waals surface area contributed by atoms with E-state index < -0.39 is 9.84 Å². The Bertz CT molecular complexity index is 876. The fourth-order valence-corrected chi connectivity index (χ4v) is 4.87. The number of hydrogen-bond acceptors (Lipinski definition) is 4. The lowest BCUT2D eigenvalue weighted by Crippen LogP contribution is -2.38. The highest BCUT2D eigenvalue weighted by molar-refractivity contribution is 7.91. The van der Waals surface area contributed by atoms with Crippen molar-refractivity contribution < 1.29 is 17.9 Å². The van der Waals surface area contributed by atoms with Gasteiger partial charge in [-0.3, -0.25) is 4.79 Å². The molecule has 0 radical (unpaired) electrons. The van der Waals surface area contributed by atoms with E-state index in [-0.39, 0.29) is 23.5 Å². The van der Waals surface area contributed by atoms with Gasteiger partial charge in [0.25, 0.3) is 5.91 Å². The smallest absolute Gasteiger partial charge is 0.257 e. The van der Waals surface area contributed by atoms with Crippen LogP contribution in [0.3, 0.4) is 0 Å². The largest absolute Gasteiger partial charge is 0.493 e. The summed E-state index contributed by atoms with van der Waals surface area (Å²) in [7, 11) is -1.37. The van der Waals surface area contributed by atoms with E-state index in [2.05, 4.69) is 0 Å². The van der Waals surface area contributed by atoms with Gasteiger partial charge in [0, 0.05) is 13.1 Å². The number of rotatable bonds is 4. The van der Waals surface area contributed by atoms with Crippen LogP contribution in [-0.2, 0) is 9.84 Å². The second kappa shape index (κ2) is 6.43. The molecule has 0 saturated carbocycles. The number of carbonyl (C=O) groups excluding carboxylic acids is 1. The summed E-state index contributed by atoms with van der Waals surface area (Å²) >= 11 is 0. The van der Waals surface area contributed by atoms with Crippen LogP contribution in [0.1, 0.15) is 23.7 Å². The van der Waals surface area contributed by atoms with Gasteiger partial charge in [-0.15, -0.1) is 0 Å². The number of benzene rings is 2. The van der Waals surface area contributed by atoms with Gasteiger partial charge >= 0.3 is 0 Å². The monoisotopic (exact) mass is 347 g/mol. The van der Waals surface area contributed by atoms with Crippen molar-refractivity contribution in [3.8, 4) is 5.75 Å².